The number of benzene rings is 1. The SMILES string of the molecule is CCCCN(C(=O)O)C(=O)N(c1ncco1)C(C)CCc1ccccc1. The van der Waals surface area contributed by atoms with Crippen LogP contribution >= 0.6 is 0 Å². The van der Waals surface area contributed by atoms with Crippen LogP contribution in [0.2, 0.25) is 0 Å². The number of rotatable bonds is 8. The maximum absolute atomic E-state index is 12.9. The van der Waals surface area contributed by atoms with Crippen LogP contribution in [0.4, 0.5) is 15.6 Å². The van der Waals surface area contributed by atoms with Gasteiger partial charge >= 0.3 is 18.1 Å². The average molecular weight is 359 g/mol. The molecule has 1 N–H and O–H groups in total. The second kappa shape index (κ2) is 9.60. The van der Waals surface area contributed by atoms with Crippen molar-refractivity contribution >= 4 is 18.1 Å². The molecular formula is C19H25N3O4. The predicted molar refractivity (Wildman–Crippen MR) is 98.2 cm³/mol. The molecule has 1 unspecified atom stereocenters. The van der Waals surface area contributed by atoms with Crippen LogP contribution < -0.4 is 4.90 Å². The Morgan fingerprint density at radius 1 is 1.27 bits per heavy atom. The smallest absolute Gasteiger partial charge is 0.415 e. The van der Waals surface area contributed by atoms with Crippen LogP contribution in [0, 0.1) is 0 Å². The summed E-state index contributed by atoms with van der Waals surface area (Å²) in [4.78, 5) is 30.7. The van der Waals surface area contributed by atoms with Gasteiger partial charge in [0.15, 0.2) is 0 Å². The minimum absolute atomic E-state index is 0.110. The Labute approximate surface area is 153 Å². The van der Waals surface area contributed by atoms with E-state index in [9.17, 15) is 14.7 Å². The maximum Gasteiger partial charge on any atom is 0.415 e. The number of oxazole rings is 1. The Morgan fingerprint density at radius 2 is 2.00 bits per heavy atom. The van der Waals surface area contributed by atoms with Gasteiger partial charge in [0.2, 0.25) is 0 Å². The van der Waals surface area contributed by atoms with Crippen LogP contribution in [0.5, 0.6) is 0 Å². The summed E-state index contributed by atoms with van der Waals surface area (Å²) in [6.07, 6.45) is 4.35. The molecule has 0 aliphatic rings. The van der Waals surface area contributed by atoms with Gasteiger partial charge in [0.05, 0.1) is 6.20 Å². The van der Waals surface area contributed by atoms with Crippen molar-refractivity contribution in [2.24, 2.45) is 0 Å². The summed E-state index contributed by atoms with van der Waals surface area (Å²) in [6.45, 7) is 3.96. The number of amides is 3. The van der Waals surface area contributed by atoms with Crippen molar-refractivity contribution in [1.82, 2.24) is 9.88 Å². The second-order valence-corrected chi connectivity index (χ2v) is 6.13. The lowest BCUT2D eigenvalue weighted by atomic mass is 10.1. The van der Waals surface area contributed by atoms with E-state index in [-0.39, 0.29) is 18.6 Å². The third-order valence-electron chi connectivity index (χ3n) is 4.16. The number of carbonyl (C=O) groups excluding carboxylic acids is 1. The summed E-state index contributed by atoms with van der Waals surface area (Å²) in [5.41, 5.74) is 1.15. The Hall–Kier alpha value is -2.83. The van der Waals surface area contributed by atoms with Crippen molar-refractivity contribution in [1.29, 1.82) is 0 Å². The van der Waals surface area contributed by atoms with Gasteiger partial charge in [-0.3, -0.25) is 0 Å². The number of urea groups is 1. The zero-order chi connectivity index (χ0) is 18.9. The van der Waals surface area contributed by atoms with Crippen molar-refractivity contribution in [2.45, 2.75) is 45.6 Å². The molecule has 0 saturated carbocycles. The van der Waals surface area contributed by atoms with Gasteiger partial charge in [-0.25, -0.2) is 24.4 Å². The van der Waals surface area contributed by atoms with Crippen molar-refractivity contribution in [3.05, 3.63) is 48.4 Å². The molecule has 0 aliphatic heterocycles. The summed E-state index contributed by atoms with van der Waals surface area (Å²) < 4.78 is 5.30. The summed E-state index contributed by atoms with van der Waals surface area (Å²) in [7, 11) is 0. The molecule has 0 saturated heterocycles. The van der Waals surface area contributed by atoms with Gasteiger partial charge in [0.1, 0.15) is 6.26 Å². The third-order valence-corrected chi connectivity index (χ3v) is 4.16. The number of carbonyl (C=O) groups is 2. The molecule has 0 spiro atoms. The first-order valence-electron chi connectivity index (χ1n) is 8.81. The molecule has 2 aromatic rings. The highest BCUT2D eigenvalue weighted by atomic mass is 16.4. The lowest BCUT2D eigenvalue weighted by Crippen LogP contribution is -2.50. The number of aromatic nitrogens is 1. The fraction of sp³-hybridized carbons (Fsp3) is 0.421. The molecule has 7 heteroatoms. The normalized spacial score (nSPS) is 11.8. The summed E-state index contributed by atoms with van der Waals surface area (Å²) in [6, 6.07) is 9.14. The molecule has 0 radical (unpaired) electrons. The van der Waals surface area contributed by atoms with Crippen LogP contribution in [0.25, 0.3) is 0 Å². The molecule has 0 aliphatic carbocycles. The van der Waals surface area contributed by atoms with Gasteiger partial charge in [-0.05, 0) is 31.7 Å². The van der Waals surface area contributed by atoms with E-state index in [1.165, 1.54) is 17.4 Å². The van der Waals surface area contributed by atoms with Crippen LogP contribution in [-0.4, -0.2) is 39.7 Å². The first-order chi connectivity index (χ1) is 12.5. The monoisotopic (exact) mass is 359 g/mol. The van der Waals surface area contributed by atoms with Gasteiger partial charge in [-0.1, -0.05) is 43.7 Å². The minimum Gasteiger partial charge on any atom is -0.465 e. The molecule has 0 fully saturated rings. The number of carboxylic acid groups (broad SMARTS) is 1. The standard InChI is InChI=1S/C19H25N3O4/c1-3-4-13-21(19(24)25)18(23)22(17-20-12-14-26-17)15(2)10-11-16-8-6-5-7-9-16/h5-9,12,14-15H,3-4,10-11,13H2,1-2H3,(H,24,25). The molecule has 1 atom stereocenters. The zero-order valence-electron chi connectivity index (χ0n) is 15.2. The van der Waals surface area contributed by atoms with Crippen molar-refractivity contribution in [3.63, 3.8) is 0 Å². The topological polar surface area (TPSA) is 86.9 Å². The number of unbranched alkanes of at least 4 members (excludes halogenated alkanes) is 1. The summed E-state index contributed by atoms with van der Waals surface area (Å²) >= 11 is 0. The number of imide groups is 1. The Morgan fingerprint density at radius 3 is 2.58 bits per heavy atom. The second-order valence-electron chi connectivity index (χ2n) is 6.13. The molecule has 3 amide bonds. The maximum atomic E-state index is 12.9. The highest BCUT2D eigenvalue weighted by Gasteiger charge is 2.32. The first kappa shape index (κ1) is 19.5. The van der Waals surface area contributed by atoms with E-state index in [2.05, 4.69) is 4.98 Å². The number of anilines is 1. The highest BCUT2D eigenvalue weighted by Crippen LogP contribution is 2.20. The summed E-state index contributed by atoms with van der Waals surface area (Å²) in [5, 5.41) is 9.43. The van der Waals surface area contributed by atoms with Gasteiger partial charge in [0.25, 0.3) is 0 Å². The van der Waals surface area contributed by atoms with E-state index in [1.54, 1.807) is 0 Å². The van der Waals surface area contributed by atoms with Crippen LogP contribution in [0.15, 0.2) is 47.2 Å². The van der Waals surface area contributed by atoms with Crippen molar-refractivity contribution in [2.75, 3.05) is 11.4 Å². The molecule has 0 bridgehead atoms. The molecule has 2 rings (SSSR count). The Balaban J connectivity index is 2.16. The van der Waals surface area contributed by atoms with E-state index in [0.717, 1.165) is 23.3 Å². The lowest BCUT2D eigenvalue weighted by molar-refractivity contribution is 0.148. The number of aryl methyl sites for hydroxylation is 1. The average Bonchev–Trinajstić information content (AvgIpc) is 3.15. The Bertz CT molecular complexity index is 688. The minimum atomic E-state index is -1.27. The fourth-order valence-corrected chi connectivity index (χ4v) is 2.66. The summed E-state index contributed by atoms with van der Waals surface area (Å²) in [5.74, 6) is 0. The lowest BCUT2D eigenvalue weighted by Gasteiger charge is -2.30. The van der Waals surface area contributed by atoms with Crippen LogP contribution in [0.3, 0.4) is 0 Å². The number of hydrogen-bond donors (Lipinski definition) is 1. The van der Waals surface area contributed by atoms with E-state index >= 15 is 0 Å². The third kappa shape index (κ3) is 5.08. The molecule has 1 heterocycles. The molecule has 1 aromatic heterocycles. The molecular weight excluding hydrogens is 334 g/mol. The molecule has 7 nitrogen and oxygen atoms in total. The fourth-order valence-electron chi connectivity index (χ4n) is 2.66. The van der Waals surface area contributed by atoms with Crippen LogP contribution in [0.1, 0.15) is 38.7 Å². The Kier molecular flexibility index (Phi) is 7.20. The van der Waals surface area contributed by atoms with Crippen molar-refractivity contribution < 1.29 is 19.1 Å². The first-order valence-corrected chi connectivity index (χ1v) is 8.81. The van der Waals surface area contributed by atoms with Gasteiger partial charge in [-0.15, -0.1) is 0 Å². The zero-order valence-corrected chi connectivity index (χ0v) is 15.2. The van der Waals surface area contributed by atoms with E-state index in [4.69, 9.17) is 4.42 Å². The van der Waals surface area contributed by atoms with E-state index < -0.39 is 12.1 Å². The quantitative estimate of drug-likeness (QED) is 0.755. The molecule has 140 valence electrons. The van der Waals surface area contributed by atoms with Gasteiger partial charge < -0.3 is 9.52 Å². The number of hydrogen-bond acceptors (Lipinski definition) is 4. The van der Waals surface area contributed by atoms with Gasteiger partial charge in [-0.2, -0.15) is 0 Å². The van der Waals surface area contributed by atoms with E-state index in [1.807, 2.05) is 44.2 Å². The van der Waals surface area contributed by atoms with Gasteiger partial charge in [0, 0.05) is 12.6 Å². The van der Waals surface area contributed by atoms with E-state index in [0.29, 0.717) is 12.8 Å². The molecule has 26 heavy (non-hydrogen) atoms. The highest BCUT2D eigenvalue weighted by molar-refractivity contribution is 5.99. The van der Waals surface area contributed by atoms with Crippen molar-refractivity contribution in [3.8, 4) is 0 Å². The van der Waals surface area contributed by atoms with Crippen LogP contribution in [-0.2, 0) is 6.42 Å². The molecule has 1 aromatic carbocycles. The number of nitrogens with zero attached hydrogens (tertiary/aromatic N) is 3. The largest absolute Gasteiger partial charge is 0.465 e. The predicted octanol–water partition coefficient (Wildman–Crippen LogP) is 4.40.